The Morgan fingerprint density at radius 3 is 3.00 bits per heavy atom. The first-order valence-corrected chi connectivity index (χ1v) is 7.30. The number of H-pyrrole nitrogens is 1. The zero-order chi connectivity index (χ0) is 12.8. The molecule has 0 bridgehead atoms. The van der Waals surface area contributed by atoms with Gasteiger partial charge in [0.25, 0.3) is 0 Å². The second-order valence-electron chi connectivity index (χ2n) is 4.01. The number of hydrogen-bond acceptors (Lipinski definition) is 4. The van der Waals surface area contributed by atoms with Crippen LogP contribution >= 0.6 is 0 Å². The van der Waals surface area contributed by atoms with Crippen molar-refractivity contribution < 1.29 is 0 Å². The van der Waals surface area contributed by atoms with E-state index in [4.69, 9.17) is 0 Å². The summed E-state index contributed by atoms with van der Waals surface area (Å²) in [5.74, 6) is 0. The standard InChI is InChI=1S/C12H7N5OSe/c18-12-7-3-1-2-4-8(7)19-16-11-9-10(13-5-14-11)15-6-17(9)12/h1-6H,(H,13,14,16). The van der Waals surface area contributed by atoms with Crippen molar-refractivity contribution in [2.45, 2.75) is 0 Å². The van der Waals surface area contributed by atoms with Crippen molar-refractivity contribution in [3.05, 3.63) is 47.3 Å². The van der Waals surface area contributed by atoms with E-state index in [0.717, 1.165) is 4.26 Å². The number of aromatic amines is 1. The minimum absolute atomic E-state index is 0.0525. The van der Waals surface area contributed by atoms with Gasteiger partial charge >= 0.3 is 112 Å². The van der Waals surface area contributed by atoms with E-state index in [-0.39, 0.29) is 20.3 Å². The third-order valence-corrected chi connectivity index (χ3v) is 4.76. The van der Waals surface area contributed by atoms with Gasteiger partial charge in [-0.15, -0.1) is 0 Å². The van der Waals surface area contributed by atoms with Crippen LogP contribution in [-0.4, -0.2) is 38.1 Å². The van der Waals surface area contributed by atoms with Crippen molar-refractivity contribution >= 4 is 41.2 Å². The Morgan fingerprint density at radius 2 is 2.05 bits per heavy atom. The van der Waals surface area contributed by atoms with E-state index in [1.165, 1.54) is 17.1 Å². The van der Waals surface area contributed by atoms with E-state index in [9.17, 15) is 4.79 Å². The molecule has 7 heteroatoms. The molecule has 4 rings (SSSR count). The van der Waals surface area contributed by atoms with Crippen LogP contribution in [0.3, 0.4) is 0 Å². The molecule has 4 aromatic rings. The quantitative estimate of drug-likeness (QED) is 0.486. The molecule has 0 aliphatic heterocycles. The topological polar surface area (TPSA) is 75.9 Å². The zero-order valence-electron chi connectivity index (χ0n) is 9.57. The van der Waals surface area contributed by atoms with Crippen LogP contribution in [0.4, 0.5) is 0 Å². The molecular formula is C12H7N5OSe. The summed E-state index contributed by atoms with van der Waals surface area (Å²) in [7, 11) is 0. The van der Waals surface area contributed by atoms with E-state index in [0.29, 0.717) is 22.2 Å². The Hall–Kier alpha value is -2.24. The van der Waals surface area contributed by atoms with Gasteiger partial charge in [0.2, 0.25) is 0 Å². The van der Waals surface area contributed by atoms with Crippen molar-refractivity contribution in [2.75, 3.05) is 0 Å². The van der Waals surface area contributed by atoms with Gasteiger partial charge in [0.1, 0.15) is 0 Å². The molecule has 0 aliphatic carbocycles. The van der Waals surface area contributed by atoms with E-state index in [2.05, 4.69) is 18.9 Å². The second kappa shape index (κ2) is 3.88. The third-order valence-electron chi connectivity index (χ3n) is 2.93. The molecule has 0 amide bonds. The van der Waals surface area contributed by atoms with Crippen LogP contribution in [0.5, 0.6) is 0 Å². The van der Waals surface area contributed by atoms with E-state index in [1.54, 1.807) is 0 Å². The van der Waals surface area contributed by atoms with Crippen LogP contribution in [0, 0.1) is 0 Å². The van der Waals surface area contributed by atoms with Crippen molar-refractivity contribution in [3.63, 3.8) is 0 Å². The average molecular weight is 316 g/mol. The van der Waals surface area contributed by atoms with Crippen molar-refractivity contribution in [2.24, 2.45) is 0 Å². The van der Waals surface area contributed by atoms with Gasteiger partial charge < -0.3 is 0 Å². The summed E-state index contributed by atoms with van der Waals surface area (Å²) in [6.07, 6.45) is 2.96. The molecule has 92 valence electrons. The van der Waals surface area contributed by atoms with Crippen molar-refractivity contribution in [1.82, 2.24) is 23.3 Å². The predicted octanol–water partition coefficient (Wildman–Crippen LogP) is 0.738. The normalized spacial score (nSPS) is 11.4. The molecule has 1 N–H and O–H groups in total. The SMILES string of the molecule is O=c1c2ccccc2[se][nH]c2ncnc3ncn1c32. The number of fused-ring (bicyclic) bond motifs is 1. The molecule has 0 saturated heterocycles. The van der Waals surface area contributed by atoms with Gasteiger partial charge in [0, 0.05) is 0 Å². The monoisotopic (exact) mass is 317 g/mol. The molecule has 0 radical (unpaired) electrons. The summed E-state index contributed by atoms with van der Waals surface area (Å²) in [6.45, 7) is 0. The van der Waals surface area contributed by atoms with Gasteiger partial charge in [0.05, 0.1) is 0 Å². The number of nitrogens with zero attached hydrogens (tertiary/aromatic N) is 4. The van der Waals surface area contributed by atoms with Gasteiger partial charge in [0.15, 0.2) is 0 Å². The molecule has 1 aromatic carbocycles. The summed E-state index contributed by atoms with van der Waals surface area (Å²) in [6, 6.07) is 7.59. The van der Waals surface area contributed by atoms with Crippen LogP contribution in [0.1, 0.15) is 0 Å². The maximum absolute atomic E-state index is 12.6. The van der Waals surface area contributed by atoms with Crippen LogP contribution in [-0.2, 0) is 0 Å². The fourth-order valence-corrected chi connectivity index (χ4v) is 3.66. The van der Waals surface area contributed by atoms with Gasteiger partial charge in [-0.05, 0) is 0 Å². The molecule has 3 aromatic heterocycles. The Labute approximate surface area is 112 Å². The number of aromatic nitrogens is 5. The summed E-state index contributed by atoms with van der Waals surface area (Å²) in [5, 5.41) is 0.698. The van der Waals surface area contributed by atoms with E-state index < -0.39 is 0 Å². The number of imidazole rings is 1. The molecule has 3 heterocycles. The number of nitrogens with one attached hydrogen (secondary N) is 1. The van der Waals surface area contributed by atoms with Crippen LogP contribution in [0.25, 0.3) is 26.5 Å². The Balaban J connectivity index is 2.43. The van der Waals surface area contributed by atoms with Crippen molar-refractivity contribution in [3.8, 4) is 0 Å². The molecule has 0 fully saturated rings. The van der Waals surface area contributed by atoms with E-state index in [1.807, 2.05) is 24.3 Å². The average Bonchev–Trinajstić information content (AvgIpc) is 2.88. The molecule has 0 unspecified atom stereocenters. The third kappa shape index (κ3) is 1.49. The zero-order valence-corrected chi connectivity index (χ0v) is 11.3. The molecule has 0 spiro atoms. The fraction of sp³-hybridized carbons (Fsp3) is 0. The Bertz CT molecular complexity index is 997. The minimum atomic E-state index is -0.0856. The molecule has 0 aliphatic rings. The maximum atomic E-state index is 12.6. The molecular weight excluding hydrogens is 309 g/mol. The van der Waals surface area contributed by atoms with Gasteiger partial charge in [-0.3, -0.25) is 0 Å². The van der Waals surface area contributed by atoms with Gasteiger partial charge in [-0.2, -0.15) is 0 Å². The van der Waals surface area contributed by atoms with Crippen LogP contribution < -0.4 is 5.56 Å². The predicted molar refractivity (Wildman–Crippen MR) is 72.2 cm³/mol. The number of benzene rings is 1. The van der Waals surface area contributed by atoms with Crippen LogP contribution in [0.2, 0.25) is 0 Å². The number of hydrogen-bond donors (Lipinski definition) is 1. The van der Waals surface area contributed by atoms with E-state index >= 15 is 0 Å². The first-order valence-electron chi connectivity index (χ1n) is 5.59. The first-order chi connectivity index (χ1) is 9.34. The molecule has 0 saturated carbocycles. The summed E-state index contributed by atoms with van der Waals surface area (Å²) >= 11 is -0.0525. The van der Waals surface area contributed by atoms with Gasteiger partial charge in [-0.25, -0.2) is 0 Å². The van der Waals surface area contributed by atoms with Crippen LogP contribution in [0.15, 0.2) is 41.7 Å². The van der Waals surface area contributed by atoms with Gasteiger partial charge in [-0.1, -0.05) is 0 Å². The van der Waals surface area contributed by atoms with Crippen molar-refractivity contribution in [1.29, 1.82) is 0 Å². The summed E-state index contributed by atoms with van der Waals surface area (Å²) < 4.78 is 5.80. The molecule has 6 nitrogen and oxygen atoms in total. The number of rotatable bonds is 0. The summed E-state index contributed by atoms with van der Waals surface area (Å²) in [5.41, 5.74) is 1.74. The second-order valence-corrected chi connectivity index (χ2v) is 5.79. The molecule has 0 atom stereocenters. The Kier molecular flexibility index (Phi) is 2.18. The summed E-state index contributed by atoms with van der Waals surface area (Å²) in [4.78, 5) is 25.0. The molecule has 19 heavy (non-hydrogen) atoms. The first kappa shape index (κ1) is 10.7. The Morgan fingerprint density at radius 1 is 1.16 bits per heavy atom. The fourth-order valence-electron chi connectivity index (χ4n) is 2.05.